The van der Waals surface area contributed by atoms with Crippen molar-refractivity contribution in [1.82, 2.24) is 9.97 Å². The van der Waals surface area contributed by atoms with E-state index in [0.717, 1.165) is 17.6 Å². The molecule has 1 heterocycles. The molecule has 0 aliphatic heterocycles. The van der Waals surface area contributed by atoms with E-state index in [-0.39, 0.29) is 5.41 Å². The van der Waals surface area contributed by atoms with Crippen molar-refractivity contribution < 1.29 is 0 Å². The number of nitrogens with two attached hydrogens (primary N) is 1. The maximum atomic E-state index is 5.55. The van der Waals surface area contributed by atoms with Crippen LogP contribution >= 0.6 is 0 Å². The van der Waals surface area contributed by atoms with Gasteiger partial charge in [-0.25, -0.2) is 15.8 Å². The van der Waals surface area contributed by atoms with E-state index in [4.69, 9.17) is 5.84 Å². The first-order valence-electron chi connectivity index (χ1n) is 7.94. The van der Waals surface area contributed by atoms with Gasteiger partial charge in [-0.15, -0.1) is 0 Å². The molecular formula is C16H29N5. The molecular weight excluding hydrogens is 262 g/mol. The molecule has 3 atom stereocenters. The lowest BCUT2D eigenvalue weighted by Crippen LogP contribution is -2.35. The van der Waals surface area contributed by atoms with E-state index in [2.05, 4.69) is 55.3 Å². The number of anilines is 2. The number of hydrogen-bond donors (Lipinski definition) is 3. The first-order chi connectivity index (χ1) is 9.81. The predicted octanol–water partition coefficient (Wildman–Crippen LogP) is 3.30. The Morgan fingerprint density at radius 1 is 1.14 bits per heavy atom. The minimum Gasteiger partial charge on any atom is -0.367 e. The highest BCUT2D eigenvalue weighted by molar-refractivity contribution is 5.48. The predicted molar refractivity (Wildman–Crippen MR) is 88.1 cm³/mol. The molecule has 0 aromatic carbocycles. The van der Waals surface area contributed by atoms with Gasteiger partial charge in [-0.2, -0.15) is 0 Å². The van der Waals surface area contributed by atoms with Crippen LogP contribution in [0.1, 0.15) is 59.7 Å². The van der Waals surface area contributed by atoms with Gasteiger partial charge in [-0.1, -0.05) is 47.5 Å². The summed E-state index contributed by atoms with van der Waals surface area (Å²) in [7, 11) is 0. The summed E-state index contributed by atoms with van der Waals surface area (Å²) in [6, 6.07) is 2.36. The third-order valence-corrected chi connectivity index (χ3v) is 4.58. The highest BCUT2D eigenvalue weighted by atomic mass is 15.3. The molecule has 1 aromatic rings. The molecule has 1 fully saturated rings. The summed E-state index contributed by atoms with van der Waals surface area (Å²) in [5.74, 6) is 9.29. The summed E-state index contributed by atoms with van der Waals surface area (Å²) >= 11 is 0. The SMILES string of the molecule is CC1CCCC(Nc2cc(NN)nc(C(C)(C)C)n2)C1C. The maximum Gasteiger partial charge on any atom is 0.145 e. The van der Waals surface area contributed by atoms with Crippen LogP contribution in [0.3, 0.4) is 0 Å². The molecule has 1 saturated carbocycles. The summed E-state index contributed by atoms with van der Waals surface area (Å²) in [4.78, 5) is 9.15. The average molecular weight is 291 g/mol. The van der Waals surface area contributed by atoms with Gasteiger partial charge in [-0.05, 0) is 18.3 Å². The third kappa shape index (κ3) is 3.84. The molecule has 1 aliphatic carbocycles. The van der Waals surface area contributed by atoms with Crippen molar-refractivity contribution in [2.45, 2.75) is 65.3 Å². The number of hydrogen-bond acceptors (Lipinski definition) is 5. The van der Waals surface area contributed by atoms with Crippen LogP contribution in [0.4, 0.5) is 11.6 Å². The molecule has 5 heteroatoms. The fourth-order valence-corrected chi connectivity index (χ4v) is 2.91. The molecule has 0 saturated heterocycles. The summed E-state index contributed by atoms with van der Waals surface area (Å²) in [5.41, 5.74) is 2.54. The molecule has 1 aromatic heterocycles. The van der Waals surface area contributed by atoms with Gasteiger partial charge in [0, 0.05) is 17.5 Å². The van der Waals surface area contributed by atoms with E-state index in [1.54, 1.807) is 0 Å². The highest BCUT2D eigenvalue weighted by Crippen LogP contribution is 2.32. The zero-order valence-corrected chi connectivity index (χ0v) is 13.9. The Labute approximate surface area is 128 Å². The molecule has 118 valence electrons. The minimum absolute atomic E-state index is 0.102. The molecule has 21 heavy (non-hydrogen) atoms. The van der Waals surface area contributed by atoms with E-state index < -0.39 is 0 Å². The molecule has 0 spiro atoms. The fraction of sp³-hybridized carbons (Fsp3) is 0.750. The van der Waals surface area contributed by atoms with Crippen LogP contribution in [0.15, 0.2) is 6.07 Å². The molecule has 5 nitrogen and oxygen atoms in total. The number of nitrogen functional groups attached to an aromatic ring is 1. The second-order valence-corrected chi connectivity index (χ2v) is 7.37. The van der Waals surface area contributed by atoms with Gasteiger partial charge in [0.05, 0.1) is 0 Å². The quantitative estimate of drug-likeness (QED) is 0.588. The van der Waals surface area contributed by atoms with Crippen LogP contribution in [0.25, 0.3) is 0 Å². The second-order valence-electron chi connectivity index (χ2n) is 7.37. The number of rotatable bonds is 3. The monoisotopic (exact) mass is 291 g/mol. The molecule has 0 bridgehead atoms. The summed E-state index contributed by atoms with van der Waals surface area (Å²) in [6.45, 7) is 11.0. The summed E-state index contributed by atoms with van der Waals surface area (Å²) < 4.78 is 0. The summed E-state index contributed by atoms with van der Waals surface area (Å²) in [5, 5.41) is 3.60. The number of nitrogens with zero attached hydrogens (tertiary/aromatic N) is 2. The van der Waals surface area contributed by atoms with Crippen LogP contribution in [0.5, 0.6) is 0 Å². The standard InChI is InChI=1S/C16H29N5/c1-10-7-6-8-12(11(10)2)18-13-9-14(21-17)20-15(19-13)16(3,4)5/h9-12H,6-8,17H2,1-5H3,(H2,18,19,20,21). The largest absolute Gasteiger partial charge is 0.367 e. The van der Waals surface area contributed by atoms with Crippen molar-refractivity contribution in [3.8, 4) is 0 Å². The summed E-state index contributed by atoms with van der Waals surface area (Å²) in [6.07, 6.45) is 3.81. The van der Waals surface area contributed by atoms with E-state index in [1.807, 2.05) is 6.07 Å². The van der Waals surface area contributed by atoms with Gasteiger partial charge in [0.2, 0.25) is 0 Å². The normalized spacial score (nSPS) is 26.5. The van der Waals surface area contributed by atoms with Crippen molar-refractivity contribution in [2.24, 2.45) is 17.7 Å². The zero-order valence-electron chi connectivity index (χ0n) is 13.9. The number of hydrazine groups is 1. The van der Waals surface area contributed by atoms with Gasteiger partial charge >= 0.3 is 0 Å². The van der Waals surface area contributed by atoms with Crippen molar-refractivity contribution in [3.05, 3.63) is 11.9 Å². The highest BCUT2D eigenvalue weighted by Gasteiger charge is 2.28. The lowest BCUT2D eigenvalue weighted by Gasteiger charge is -2.35. The fourth-order valence-electron chi connectivity index (χ4n) is 2.91. The molecule has 3 unspecified atom stereocenters. The zero-order chi connectivity index (χ0) is 15.6. The van der Waals surface area contributed by atoms with Gasteiger partial charge in [0.15, 0.2) is 0 Å². The lowest BCUT2D eigenvalue weighted by atomic mass is 9.78. The van der Waals surface area contributed by atoms with Crippen molar-refractivity contribution in [2.75, 3.05) is 10.7 Å². The van der Waals surface area contributed by atoms with Gasteiger partial charge in [0.1, 0.15) is 17.5 Å². The van der Waals surface area contributed by atoms with E-state index in [0.29, 0.717) is 17.8 Å². The van der Waals surface area contributed by atoms with Crippen LogP contribution in [0.2, 0.25) is 0 Å². The van der Waals surface area contributed by atoms with E-state index >= 15 is 0 Å². The van der Waals surface area contributed by atoms with Crippen LogP contribution in [0, 0.1) is 11.8 Å². The van der Waals surface area contributed by atoms with Gasteiger partial charge in [0.25, 0.3) is 0 Å². The second kappa shape index (κ2) is 6.18. The first kappa shape index (κ1) is 16.0. The van der Waals surface area contributed by atoms with Crippen molar-refractivity contribution >= 4 is 11.6 Å². The third-order valence-electron chi connectivity index (χ3n) is 4.58. The maximum absolute atomic E-state index is 5.55. The Kier molecular flexibility index (Phi) is 4.71. The van der Waals surface area contributed by atoms with Gasteiger partial charge in [-0.3, -0.25) is 0 Å². The Morgan fingerprint density at radius 3 is 2.43 bits per heavy atom. The molecule has 2 rings (SSSR count). The smallest absolute Gasteiger partial charge is 0.145 e. The van der Waals surface area contributed by atoms with Crippen LogP contribution in [-0.2, 0) is 5.41 Å². The number of aromatic nitrogens is 2. The molecule has 1 aliphatic rings. The number of nitrogens with one attached hydrogen (secondary N) is 2. The van der Waals surface area contributed by atoms with Crippen LogP contribution in [-0.4, -0.2) is 16.0 Å². The molecule has 0 radical (unpaired) electrons. The molecule has 0 amide bonds. The van der Waals surface area contributed by atoms with Gasteiger partial charge < -0.3 is 10.7 Å². The Bertz CT molecular complexity index is 480. The minimum atomic E-state index is -0.102. The Hall–Kier alpha value is -1.36. The van der Waals surface area contributed by atoms with Crippen molar-refractivity contribution in [1.29, 1.82) is 0 Å². The lowest BCUT2D eigenvalue weighted by molar-refractivity contribution is 0.253. The van der Waals surface area contributed by atoms with Crippen molar-refractivity contribution in [3.63, 3.8) is 0 Å². The topological polar surface area (TPSA) is 75.9 Å². The molecule has 4 N–H and O–H groups in total. The first-order valence-corrected chi connectivity index (χ1v) is 7.94. The van der Waals surface area contributed by atoms with E-state index in [9.17, 15) is 0 Å². The van der Waals surface area contributed by atoms with Crippen LogP contribution < -0.4 is 16.6 Å². The average Bonchev–Trinajstić information content (AvgIpc) is 2.42. The Balaban J connectivity index is 2.23. The van der Waals surface area contributed by atoms with E-state index in [1.165, 1.54) is 19.3 Å². The Morgan fingerprint density at radius 2 is 1.81 bits per heavy atom.